The van der Waals surface area contributed by atoms with Crippen LogP contribution in [0.4, 0.5) is 8.78 Å². The van der Waals surface area contributed by atoms with E-state index in [0.717, 1.165) is 0 Å². The molecule has 0 aromatic heterocycles. The second-order valence-electron chi connectivity index (χ2n) is 3.04. The molecule has 0 saturated heterocycles. The van der Waals surface area contributed by atoms with Gasteiger partial charge in [0, 0.05) is 0 Å². The summed E-state index contributed by atoms with van der Waals surface area (Å²) in [7, 11) is 0. The minimum atomic E-state index is -1.97. The third-order valence-electron chi connectivity index (χ3n) is 1.97. The Morgan fingerprint density at radius 3 is 2.79 bits per heavy atom. The Balaban J connectivity index is 3.14. The zero-order chi connectivity index (χ0) is 10.9. The number of alkyl halides is 1. The molecule has 0 amide bonds. The lowest BCUT2D eigenvalue weighted by molar-refractivity contribution is -0.430. The molecular weight excluding hydrogens is 196 g/mol. The van der Waals surface area contributed by atoms with Crippen molar-refractivity contribution in [2.24, 2.45) is 0 Å². The van der Waals surface area contributed by atoms with Crippen molar-refractivity contribution in [3.8, 4) is 0 Å². The van der Waals surface area contributed by atoms with Gasteiger partial charge in [0.25, 0.3) is 5.70 Å². The van der Waals surface area contributed by atoms with Crippen LogP contribution in [0.2, 0.25) is 0 Å². The lowest BCUT2D eigenvalue weighted by Gasteiger charge is -2.15. The van der Waals surface area contributed by atoms with Crippen LogP contribution in [0.15, 0.2) is 23.2 Å². The van der Waals surface area contributed by atoms with E-state index in [0.29, 0.717) is 6.08 Å². The van der Waals surface area contributed by atoms with Crippen LogP contribution in [-0.4, -0.2) is 22.3 Å². The molecule has 1 N–H and O–H groups in total. The summed E-state index contributed by atoms with van der Waals surface area (Å²) >= 11 is 0. The van der Waals surface area contributed by atoms with Crippen LogP contribution in [0.25, 0.3) is 0 Å². The average molecular weight is 205 g/mol. The van der Waals surface area contributed by atoms with Crippen LogP contribution < -0.4 is 0 Å². The molecule has 1 rings (SSSR count). The first-order chi connectivity index (χ1) is 6.43. The number of aliphatic hydroxyl groups is 1. The molecule has 0 radical (unpaired) electrons. The molecule has 2 unspecified atom stereocenters. The molecule has 1 aliphatic carbocycles. The molecule has 1 aliphatic rings. The maximum Gasteiger partial charge on any atom is 0.255 e. The fourth-order valence-electron chi connectivity index (χ4n) is 1.25. The highest BCUT2D eigenvalue weighted by Crippen LogP contribution is 2.29. The fraction of sp³-hybridized carbons (Fsp3) is 0.500. The zero-order valence-corrected chi connectivity index (χ0v) is 7.41. The maximum absolute atomic E-state index is 12.8. The van der Waals surface area contributed by atoms with Crippen LogP contribution in [0.3, 0.4) is 0 Å². The smallest absolute Gasteiger partial charge is 0.255 e. The molecule has 0 aromatic carbocycles. The molecule has 0 heterocycles. The number of hydrogen-bond donors (Lipinski definition) is 1. The van der Waals surface area contributed by atoms with E-state index in [4.69, 9.17) is 5.11 Å². The molecule has 0 bridgehead atoms. The monoisotopic (exact) mass is 205 g/mol. The van der Waals surface area contributed by atoms with E-state index in [-0.39, 0.29) is 5.57 Å². The van der Waals surface area contributed by atoms with Gasteiger partial charge in [-0.3, -0.25) is 10.1 Å². The summed E-state index contributed by atoms with van der Waals surface area (Å²) in [5, 5.41) is 19.5. The Labute approximate surface area is 78.7 Å². The van der Waals surface area contributed by atoms with Gasteiger partial charge in [0.2, 0.25) is 0 Å². The van der Waals surface area contributed by atoms with Crippen molar-refractivity contribution >= 4 is 0 Å². The maximum atomic E-state index is 12.8. The summed E-state index contributed by atoms with van der Waals surface area (Å²) in [4.78, 5) is 9.65. The van der Waals surface area contributed by atoms with Crippen LogP contribution in [0, 0.1) is 10.1 Å². The van der Waals surface area contributed by atoms with Gasteiger partial charge >= 0.3 is 0 Å². The largest absolute Gasteiger partial charge is 0.388 e. The SMILES string of the molecule is CC(O)C1=C([N+](=O)[O-])CC(F)C(F)=C1. The zero-order valence-electron chi connectivity index (χ0n) is 7.41. The van der Waals surface area contributed by atoms with E-state index in [1.807, 2.05) is 0 Å². The molecule has 4 nitrogen and oxygen atoms in total. The first-order valence-corrected chi connectivity index (χ1v) is 4.00. The van der Waals surface area contributed by atoms with Crippen molar-refractivity contribution in [2.45, 2.75) is 25.6 Å². The van der Waals surface area contributed by atoms with Crippen molar-refractivity contribution in [3.63, 3.8) is 0 Å². The third kappa shape index (κ3) is 1.95. The molecule has 0 aliphatic heterocycles. The molecular formula is C8H9F2NO3. The Morgan fingerprint density at radius 2 is 2.36 bits per heavy atom. The molecule has 0 spiro atoms. The summed E-state index contributed by atoms with van der Waals surface area (Å²) < 4.78 is 25.5. The highest BCUT2D eigenvalue weighted by atomic mass is 19.2. The van der Waals surface area contributed by atoms with Crippen LogP contribution in [0.1, 0.15) is 13.3 Å². The normalized spacial score (nSPS) is 24.6. The van der Waals surface area contributed by atoms with Gasteiger partial charge in [0.1, 0.15) is 5.83 Å². The summed E-state index contributed by atoms with van der Waals surface area (Å²) in [6, 6.07) is 0. The fourth-order valence-corrected chi connectivity index (χ4v) is 1.25. The van der Waals surface area contributed by atoms with Gasteiger partial charge < -0.3 is 5.11 Å². The predicted molar refractivity (Wildman–Crippen MR) is 44.4 cm³/mol. The van der Waals surface area contributed by atoms with Crippen LogP contribution in [0.5, 0.6) is 0 Å². The molecule has 14 heavy (non-hydrogen) atoms. The molecule has 0 saturated carbocycles. The highest BCUT2D eigenvalue weighted by molar-refractivity contribution is 5.33. The van der Waals surface area contributed by atoms with E-state index < -0.39 is 35.1 Å². The van der Waals surface area contributed by atoms with Gasteiger partial charge in [-0.2, -0.15) is 0 Å². The topological polar surface area (TPSA) is 63.4 Å². The lowest BCUT2D eigenvalue weighted by atomic mass is 9.98. The van der Waals surface area contributed by atoms with Crippen molar-refractivity contribution in [1.29, 1.82) is 0 Å². The van der Waals surface area contributed by atoms with Gasteiger partial charge in [0.05, 0.1) is 23.0 Å². The standard InChI is InChI=1S/C8H9F2NO3/c1-4(12)5-2-6(9)7(10)3-8(5)11(13)14/h2,4,7,12H,3H2,1H3. The van der Waals surface area contributed by atoms with Crippen LogP contribution in [-0.2, 0) is 0 Å². The molecule has 6 heteroatoms. The average Bonchev–Trinajstić information content (AvgIpc) is 2.08. The Kier molecular flexibility index (Phi) is 2.95. The van der Waals surface area contributed by atoms with Gasteiger partial charge in [-0.05, 0) is 13.0 Å². The van der Waals surface area contributed by atoms with Gasteiger partial charge in [-0.1, -0.05) is 0 Å². The lowest BCUT2D eigenvalue weighted by Crippen LogP contribution is -2.20. The van der Waals surface area contributed by atoms with E-state index in [2.05, 4.69) is 0 Å². The number of halogens is 2. The number of nitrogens with zero attached hydrogens (tertiary/aromatic N) is 1. The van der Waals surface area contributed by atoms with Crippen molar-refractivity contribution < 1.29 is 18.8 Å². The van der Waals surface area contributed by atoms with Crippen molar-refractivity contribution in [1.82, 2.24) is 0 Å². The minimum Gasteiger partial charge on any atom is -0.388 e. The van der Waals surface area contributed by atoms with Gasteiger partial charge in [-0.15, -0.1) is 0 Å². The number of rotatable bonds is 2. The molecule has 0 aromatic rings. The summed E-state index contributed by atoms with van der Waals surface area (Å²) in [6.07, 6.45) is -3.08. The number of nitro groups is 1. The summed E-state index contributed by atoms with van der Waals surface area (Å²) in [5.41, 5.74) is -0.629. The van der Waals surface area contributed by atoms with Gasteiger partial charge in [-0.25, -0.2) is 8.78 Å². The first kappa shape index (κ1) is 10.8. The molecule has 2 atom stereocenters. The summed E-state index contributed by atoms with van der Waals surface area (Å²) in [6.45, 7) is 1.27. The number of hydrogen-bond acceptors (Lipinski definition) is 3. The predicted octanol–water partition coefficient (Wildman–Crippen LogP) is 1.49. The minimum absolute atomic E-state index is 0.165. The summed E-state index contributed by atoms with van der Waals surface area (Å²) in [5.74, 6) is -1.08. The third-order valence-corrected chi connectivity index (χ3v) is 1.97. The van der Waals surface area contributed by atoms with E-state index >= 15 is 0 Å². The van der Waals surface area contributed by atoms with Crippen molar-refractivity contribution in [2.75, 3.05) is 0 Å². The van der Waals surface area contributed by atoms with Crippen molar-refractivity contribution in [3.05, 3.63) is 33.3 Å². The van der Waals surface area contributed by atoms with E-state index in [9.17, 15) is 18.9 Å². The molecule has 0 fully saturated rings. The second kappa shape index (κ2) is 3.83. The van der Waals surface area contributed by atoms with E-state index in [1.165, 1.54) is 6.92 Å². The second-order valence-corrected chi connectivity index (χ2v) is 3.04. The Morgan fingerprint density at radius 1 is 1.79 bits per heavy atom. The number of aliphatic hydroxyl groups excluding tert-OH is 1. The first-order valence-electron chi connectivity index (χ1n) is 4.00. The highest BCUT2D eigenvalue weighted by Gasteiger charge is 2.32. The Bertz CT molecular complexity index is 323. The molecule has 78 valence electrons. The number of allylic oxidation sites excluding steroid dienone is 2. The quantitative estimate of drug-likeness (QED) is 0.548. The van der Waals surface area contributed by atoms with Gasteiger partial charge in [0.15, 0.2) is 6.17 Å². The Hall–Kier alpha value is -1.30. The van der Waals surface area contributed by atoms with E-state index in [1.54, 1.807) is 0 Å². The van der Waals surface area contributed by atoms with Crippen LogP contribution >= 0.6 is 0 Å².